The highest BCUT2D eigenvalue weighted by molar-refractivity contribution is 5.98. The van der Waals surface area contributed by atoms with Gasteiger partial charge < -0.3 is 14.7 Å². The van der Waals surface area contributed by atoms with Crippen molar-refractivity contribution in [2.24, 2.45) is 11.8 Å². The van der Waals surface area contributed by atoms with E-state index < -0.39 is 5.97 Å². The summed E-state index contributed by atoms with van der Waals surface area (Å²) in [6, 6.07) is 7.35. The van der Waals surface area contributed by atoms with Gasteiger partial charge in [0.1, 0.15) is 5.75 Å². The Labute approximate surface area is 161 Å². The van der Waals surface area contributed by atoms with Crippen LogP contribution in [-0.2, 0) is 9.59 Å². The van der Waals surface area contributed by atoms with E-state index in [0.29, 0.717) is 29.8 Å². The first-order chi connectivity index (χ1) is 13.1. The largest absolute Gasteiger partial charge is 0.493 e. The van der Waals surface area contributed by atoms with E-state index in [4.69, 9.17) is 4.74 Å². The highest BCUT2D eigenvalue weighted by Gasteiger charge is 2.36. The topological polar surface area (TPSA) is 66.8 Å². The summed E-state index contributed by atoms with van der Waals surface area (Å²) in [6.07, 6.45) is 7.26. The maximum Gasteiger partial charge on any atom is 0.332 e. The lowest BCUT2D eigenvalue weighted by molar-refractivity contribution is -0.136. The summed E-state index contributed by atoms with van der Waals surface area (Å²) >= 11 is 0. The van der Waals surface area contributed by atoms with Gasteiger partial charge in [-0.15, -0.1) is 0 Å². The molecule has 1 aliphatic carbocycles. The average Bonchev–Trinajstić information content (AvgIpc) is 3.11. The highest BCUT2D eigenvalue weighted by atomic mass is 16.5. The standard InChI is InChI=1S/C22H29NO4/c1-2-11-27-20-10-6-5-7-16(20)12-19(22(25)26)13-21(24)23-14-17-8-3-4-9-18(17)15-23/h5-7,10,12,17-18H,2-4,8-9,11,13-15H2,1H3,(H,25,26)/b19-12+. The van der Waals surface area contributed by atoms with Crippen molar-refractivity contribution in [3.05, 3.63) is 35.4 Å². The van der Waals surface area contributed by atoms with Crippen LogP contribution >= 0.6 is 0 Å². The van der Waals surface area contributed by atoms with E-state index in [-0.39, 0.29) is 17.9 Å². The first kappa shape index (κ1) is 19.5. The second kappa shape index (κ2) is 9.07. The average molecular weight is 371 g/mol. The molecule has 2 unspecified atom stereocenters. The molecule has 1 aromatic rings. The molecule has 0 bridgehead atoms. The molecule has 2 aliphatic rings. The third-order valence-corrected chi connectivity index (χ3v) is 5.66. The van der Waals surface area contributed by atoms with Crippen molar-refractivity contribution in [3.63, 3.8) is 0 Å². The molecule has 1 N–H and O–H groups in total. The summed E-state index contributed by atoms with van der Waals surface area (Å²) in [7, 11) is 0. The molecule has 146 valence electrons. The Morgan fingerprint density at radius 2 is 1.85 bits per heavy atom. The van der Waals surface area contributed by atoms with Crippen LogP contribution in [0.1, 0.15) is 51.0 Å². The Bertz CT molecular complexity index is 698. The van der Waals surface area contributed by atoms with Gasteiger partial charge in [0.15, 0.2) is 0 Å². The van der Waals surface area contributed by atoms with Crippen LogP contribution in [-0.4, -0.2) is 41.6 Å². The van der Waals surface area contributed by atoms with E-state index in [1.54, 1.807) is 6.08 Å². The fourth-order valence-corrected chi connectivity index (χ4v) is 4.20. The Morgan fingerprint density at radius 1 is 1.19 bits per heavy atom. The predicted molar refractivity (Wildman–Crippen MR) is 104 cm³/mol. The van der Waals surface area contributed by atoms with Crippen LogP contribution in [0.3, 0.4) is 0 Å². The fraction of sp³-hybridized carbons (Fsp3) is 0.545. The van der Waals surface area contributed by atoms with Crippen LogP contribution in [0.15, 0.2) is 29.8 Å². The van der Waals surface area contributed by atoms with Crippen LogP contribution in [0.4, 0.5) is 0 Å². The van der Waals surface area contributed by atoms with Crippen molar-refractivity contribution in [1.29, 1.82) is 0 Å². The van der Waals surface area contributed by atoms with Crippen molar-refractivity contribution in [2.75, 3.05) is 19.7 Å². The molecule has 1 aromatic carbocycles. The molecule has 0 spiro atoms. The number of para-hydroxylation sites is 1. The molecule has 1 amide bonds. The van der Waals surface area contributed by atoms with Gasteiger partial charge in [-0.2, -0.15) is 0 Å². The summed E-state index contributed by atoms with van der Waals surface area (Å²) in [5.41, 5.74) is 0.814. The van der Waals surface area contributed by atoms with Crippen LogP contribution < -0.4 is 4.74 Å². The molecule has 0 radical (unpaired) electrons. The third kappa shape index (κ3) is 4.90. The Balaban J connectivity index is 1.72. The van der Waals surface area contributed by atoms with Crippen molar-refractivity contribution in [3.8, 4) is 5.75 Å². The predicted octanol–water partition coefficient (Wildman–Crippen LogP) is 3.98. The van der Waals surface area contributed by atoms with E-state index in [1.807, 2.05) is 36.1 Å². The van der Waals surface area contributed by atoms with Crippen molar-refractivity contribution < 1.29 is 19.4 Å². The molecule has 2 atom stereocenters. The summed E-state index contributed by atoms with van der Waals surface area (Å²) in [5, 5.41) is 9.62. The second-order valence-electron chi connectivity index (χ2n) is 7.64. The van der Waals surface area contributed by atoms with E-state index in [0.717, 1.165) is 19.5 Å². The molecule has 1 heterocycles. The van der Waals surface area contributed by atoms with Crippen molar-refractivity contribution >= 4 is 18.0 Å². The molecule has 27 heavy (non-hydrogen) atoms. The Kier molecular flexibility index (Phi) is 6.54. The number of fused-ring (bicyclic) bond motifs is 1. The monoisotopic (exact) mass is 371 g/mol. The normalized spacial score (nSPS) is 22.4. The van der Waals surface area contributed by atoms with Gasteiger partial charge in [-0.25, -0.2) is 4.79 Å². The first-order valence-corrected chi connectivity index (χ1v) is 10.0. The lowest BCUT2D eigenvalue weighted by atomic mass is 9.82. The summed E-state index contributed by atoms with van der Waals surface area (Å²) in [4.78, 5) is 26.4. The van der Waals surface area contributed by atoms with Gasteiger partial charge in [0.25, 0.3) is 0 Å². The van der Waals surface area contributed by atoms with Gasteiger partial charge in [0.05, 0.1) is 13.0 Å². The van der Waals surface area contributed by atoms with E-state index in [9.17, 15) is 14.7 Å². The summed E-state index contributed by atoms with van der Waals surface area (Å²) in [5.74, 6) is 0.722. The lowest BCUT2D eigenvalue weighted by Gasteiger charge is -2.22. The lowest BCUT2D eigenvalue weighted by Crippen LogP contribution is -2.29. The Morgan fingerprint density at radius 3 is 2.48 bits per heavy atom. The zero-order valence-electron chi connectivity index (χ0n) is 16.0. The van der Waals surface area contributed by atoms with Crippen LogP contribution in [0.25, 0.3) is 6.08 Å². The van der Waals surface area contributed by atoms with Gasteiger partial charge in [-0.05, 0) is 43.2 Å². The number of amides is 1. The van der Waals surface area contributed by atoms with Gasteiger partial charge in [0, 0.05) is 24.2 Å². The number of rotatable bonds is 7. The van der Waals surface area contributed by atoms with Crippen molar-refractivity contribution in [2.45, 2.75) is 45.4 Å². The quantitative estimate of drug-likeness (QED) is 0.736. The number of carboxylic acid groups (broad SMARTS) is 1. The molecule has 1 saturated carbocycles. The molecule has 1 saturated heterocycles. The number of nitrogens with zero attached hydrogens (tertiary/aromatic N) is 1. The van der Waals surface area contributed by atoms with Crippen molar-refractivity contribution in [1.82, 2.24) is 4.90 Å². The number of carboxylic acids is 1. The van der Waals surface area contributed by atoms with Gasteiger partial charge >= 0.3 is 5.97 Å². The third-order valence-electron chi connectivity index (χ3n) is 5.66. The zero-order chi connectivity index (χ0) is 19.2. The molecular formula is C22H29NO4. The number of hydrogen-bond acceptors (Lipinski definition) is 3. The van der Waals surface area contributed by atoms with Crippen LogP contribution in [0.2, 0.25) is 0 Å². The number of ether oxygens (including phenoxy) is 1. The molecule has 0 aromatic heterocycles. The smallest absolute Gasteiger partial charge is 0.332 e. The minimum Gasteiger partial charge on any atom is -0.493 e. The molecule has 3 rings (SSSR count). The van der Waals surface area contributed by atoms with Gasteiger partial charge in [-0.3, -0.25) is 4.79 Å². The number of likely N-dealkylation sites (tertiary alicyclic amines) is 1. The number of carbonyl (C=O) groups excluding carboxylic acids is 1. The first-order valence-electron chi connectivity index (χ1n) is 10.0. The maximum absolute atomic E-state index is 12.7. The summed E-state index contributed by atoms with van der Waals surface area (Å²) in [6.45, 7) is 4.16. The molecule has 2 fully saturated rings. The molecular weight excluding hydrogens is 342 g/mol. The SMILES string of the molecule is CCCOc1ccccc1/C=C(\CC(=O)N1CC2CCCCC2C1)C(=O)O. The number of hydrogen-bond donors (Lipinski definition) is 1. The fourth-order valence-electron chi connectivity index (χ4n) is 4.20. The Hall–Kier alpha value is -2.30. The van der Waals surface area contributed by atoms with Crippen LogP contribution in [0.5, 0.6) is 5.75 Å². The maximum atomic E-state index is 12.7. The molecule has 1 aliphatic heterocycles. The van der Waals surface area contributed by atoms with E-state index in [1.165, 1.54) is 25.7 Å². The molecule has 5 nitrogen and oxygen atoms in total. The minimum absolute atomic E-state index is 0.0725. The van der Waals surface area contributed by atoms with E-state index in [2.05, 4.69) is 0 Å². The van der Waals surface area contributed by atoms with Gasteiger partial charge in [-0.1, -0.05) is 38.0 Å². The zero-order valence-corrected chi connectivity index (χ0v) is 16.0. The second-order valence-corrected chi connectivity index (χ2v) is 7.64. The number of carbonyl (C=O) groups is 2. The summed E-state index contributed by atoms with van der Waals surface area (Å²) < 4.78 is 5.70. The number of benzene rings is 1. The highest BCUT2D eigenvalue weighted by Crippen LogP contribution is 2.36. The van der Waals surface area contributed by atoms with E-state index >= 15 is 0 Å². The number of aliphatic carboxylic acids is 1. The van der Waals surface area contributed by atoms with Gasteiger partial charge in [0.2, 0.25) is 5.91 Å². The minimum atomic E-state index is -1.05. The van der Waals surface area contributed by atoms with Crippen LogP contribution in [0, 0.1) is 11.8 Å². The molecule has 5 heteroatoms.